The SMILES string of the molecule is Cn1c(=O)oc2c(N3CCN(CCc4coc5ccc(Cl)cc45)CC3)cccc21. The zero-order valence-corrected chi connectivity index (χ0v) is 17.0. The van der Waals surface area contributed by atoms with Crippen LogP contribution in [-0.2, 0) is 13.5 Å². The van der Waals surface area contributed by atoms with Crippen molar-refractivity contribution in [3.63, 3.8) is 0 Å². The summed E-state index contributed by atoms with van der Waals surface area (Å²) in [5.74, 6) is -0.321. The van der Waals surface area contributed by atoms with Gasteiger partial charge in [-0.15, -0.1) is 0 Å². The molecule has 150 valence electrons. The highest BCUT2D eigenvalue weighted by molar-refractivity contribution is 6.31. The van der Waals surface area contributed by atoms with Gasteiger partial charge in [-0.1, -0.05) is 17.7 Å². The fraction of sp³-hybridized carbons (Fsp3) is 0.318. The van der Waals surface area contributed by atoms with Crippen LogP contribution in [0.5, 0.6) is 0 Å². The minimum Gasteiger partial charge on any atom is -0.464 e. The number of piperazine rings is 1. The van der Waals surface area contributed by atoms with Crippen molar-refractivity contribution in [2.24, 2.45) is 7.05 Å². The van der Waals surface area contributed by atoms with Crippen LogP contribution < -0.4 is 10.7 Å². The summed E-state index contributed by atoms with van der Waals surface area (Å²) in [6.45, 7) is 4.69. The van der Waals surface area contributed by atoms with Gasteiger partial charge >= 0.3 is 5.76 Å². The summed E-state index contributed by atoms with van der Waals surface area (Å²) in [6.07, 6.45) is 2.77. The second kappa shape index (κ2) is 7.28. The molecule has 0 amide bonds. The normalized spacial score (nSPS) is 15.6. The Kier molecular flexibility index (Phi) is 4.60. The second-order valence-electron chi connectivity index (χ2n) is 7.53. The van der Waals surface area contributed by atoms with Gasteiger partial charge in [0.2, 0.25) is 0 Å². The minimum absolute atomic E-state index is 0.321. The molecule has 1 fully saturated rings. The van der Waals surface area contributed by atoms with Crippen LogP contribution in [-0.4, -0.2) is 42.2 Å². The smallest absolute Gasteiger partial charge is 0.419 e. The van der Waals surface area contributed by atoms with E-state index in [0.29, 0.717) is 5.58 Å². The Labute approximate surface area is 172 Å². The summed E-state index contributed by atoms with van der Waals surface area (Å²) in [7, 11) is 1.74. The van der Waals surface area contributed by atoms with Crippen LogP contribution in [0.15, 0.2) is 56.3 Å². The molecule has 29 heavy (non-hydrogen) atoms. The Hall–Kier alpha value is -2.70. The first-order valence-electron chi connectivity index (χ1n) is 9.81. The van der Waals surface area contributed by atoms with E-state index in [1.54, 1.807) is 11.6 Å². The molecule has 0 spiro atoms. The quantitative estimate of drug-likeness (QED) is 0.510. The molecule has 7 heteroatoms. The molecule has 0 N–H and O–H groups in total. The number of furan rings is 1. The molecule has 1 aliphatic rings. The van der Waals surface area contributed by atoms with Gasteiger partial charge in [0.15, 0.2) is 5.58 Å². The molecule has 3 heterocycles. The third-order valence-electron chi connectivity index (χ3n) is 5.82. The molecule has 4 aromatic rings. The van der Waals surface area contributed by atoms with E-state index in [0.717, 1.165) is 66.3 Å². The van der Waals surface area contributed by atoms with E-state index in [2.05, 4.69) is 9.80 Å². The molecule has 0 saturated carbocycles. The van der Waals surface area contributed by atoms with Crippen LogP contribution in [0.2, 0.25) is 5.02 Å². The summed E-state index contributed by atoms with van der Waals surface area (Å²) >= 11 is 6.14. The van der Waals surface area contributed by atoms with Gasteiger partial charge in [-0.3, -0.25) is 9.47 Å². The molecule has 0 radical (unpaired) electrons. The van der Waals surface area contributed by atoms with Gasteiger partial charge in [-0.05, 0) is 42.3 Å². The average Bonchev–Trinajstić information content (AvgIpc) is 3.27. The van der Waals surface area contributed by atoms with Crippen LogP contribution >= 0.6 is 11.6 Å². The van der Waals surface area contributed by atoms with E-state index in [1.165, 1.54) is 5.56 Å². The highest BCUT2D eigenvalue weighted by atomic mass is 35.5. The van der Waals surface area contributed by atoms with Crippen LogP contribution in [0.25, 0.3) is 22.1 Å². The fourth-order valence-electron chi connectivity index (χ4n) is 4.12. The Bertz CT molecular complexity index is 1230. The van der Waals surface area contributed by atoms with Crippen LogP contribution in [0.4, 0.5) is 5.69 Å². The first kappa shape index (κ1) is 18.3. The van der Waals surface area contributed by atoms with Crippen molar-refractivity contribution in [1.82, 2.24) is 9.47 Å². The maximum absolute atomic E-state index is 11.9. The number of nitrogens with zero attached hydrogens (tertiary/aromatic N) is 3. The van der Waals surface area contributed by atoms with Gasteiger partial charge in [0, 0.05) is 50.2 Å². The monoisotopic (exact) mass is 411 g/mol. The number of hydrogen-bond donors (Lipinski definition) is 0. The molecular formula is C22H22ClN3O3. The molecule has 0 unspecified atom stereocenters. The predicted molar refractivity (Wildman–Crippen MR) is 115 cm³/mol. The maximum atomic E-state index is 11.9. The number of anilines is 1. The lowest BCUT2D eigenvalue weighted by atomic mass is 10.1. The molecule has 0 aliphatic carbocycles. The van der Waals surface area contributed by atoms with E-state index in [-0.39, 0.29) is 5.76 Å². The number of rotatable bonds is 4. The lowest BCUT2D eigenvalue weighted by molar-refractivity contribution is 0.261. The standard InChI is InChI=1S/C22H22ClN3O3/c1-24-18-3-2-4-19(21(18)29-22(24)27)26-11-9-25(10-12-26)8-7-15-14-28-20-6-5-16(23)13-17(15)20/h2-6,13-14H,7-12H2,1H3. The van der Waals surface area contributed by atoms with E-state index in [1.807, 2.05) is 42.7 Å². The van der Waals surface area contributed by atoms with Crippen molar-refractivity contribution in [2.45, 2.75) is 6.42 Å². The van der Waals surface area contributed by atoms with Crippen molar-refractivity contribution < 1.29 is 8.83 Å². The predicted octanol–water partition coefficient (Wildman–Crippen LogP) is 3.90. The van der Waals surface area contributed by atoms with Gasteiger partial charge in [0.25, 0.3) is 0 Å². The van der Waals surface area contributed by atoms with Crippen molar-refractivity contribution in [3.05, 3.63) is 63.8 Å². The molecule has 1 aliphatic heterocycles. The summed E-state index contributed by atoms with van der Waals surface area (Å²) in [4.78, 5) is 16.7. The zero-order valence-electron chi connectivity index (χ0n) is 16.2. The maximum Gasteiger partial charge on any atom is 0.419 e. The summed E-state index contributed by atoms with van der Waals surface area (Å²) in [5.41, 5.74) is 4.58. The molecule has 6 nitrogen and oxygen atoms in total. The topological polar surface area (TPSA) is 54.8 Å². The van der Waals surface area contributed by atoms with E-state index in [9.17, 15) is 4.79 Å². The molecule has 5 rings (SSSR count). The van der Waals surface area contributed by atoms with Crippen molar-refractivity contribution in [2.75, 3.05) is 37.6 Å². The van der Waals surface area contributed by atoms with Gasteiger partial charge in [0.1, 0.15) is 5.58 Å². The number of oxazole rings is 1. The van der Waals surface area contributed by atoms with E-state index in [4.69, 9.17) is 20.4 Å². The van der Waals surface area contributed by atoms with Crippen LogP contribution in [0.3, 0.4) is 0 Å². The van der Waals surface area contributed by atoms with Gasteiger partial charge in [-0.25, -0.2) is 4.79 Å². The Morgan fingerprint density at radius 3 is 2.76 bits per heavy atom. The number of fused-ring (bicyclic) bond motifs is 2. The van der Waals surface area contributed by atoms with Gasteiger partial charge in [-0.2, -0.15) is 0 Å². The molecule has 2 aromatic heterocycles. The number of hydrogen-bond acceptors (Lipinski definition) is 5. The molecule has 0 bridgehead atoms. The molecule has 1 saturated heterocycles. The number of benzene rings is 2. The Morgan fingerprint density at radius 1 is 1.10 bits per heavy atom. The average molecular weight is 412 g/mol. The highest BCUT2D eigenvalue weighted by Gasteiger charge is 2.21. The molecule has 0 atom stereocenters. The molecule has 2 aromatic carbocycles. The summed E-state index contributed by atoms with van der Waals surface area (Å²) in [5, 5.41) is 1.83. The fourth-order valence-corrected chi connectivity index (χ4v) is 4.30. The first-order valence-corrected chi connectivity index (χ1v) is 10.2. The Balaban J connectivity index is 1.26. The minimum atomic E-state index is -0.321. The van der Waals surface area contributed by atoms with Crippen LogP contribution in [0, 0.1) is 0 Å². The van der Waals surface area contributed by atoms with E-state index >= 15 is 0 Å². The van der Waals surface area contributed by atoms with Crippen molar-refractivity contribution in [1.29, 1.82) is 0 Å². The third-order valence-corrected chi connectivity index (χ3v) is 6.06. The summed E-state index contributed by atoms with van der Waals surface area (Å²) < 4.78 is 12.7. The van der Waals surface area contributed by atoms with Crippen molar-refractivity contribution in [3.8, 4) is 0 Å². The third kappa shape index (κ3) is 3.32. The van der Waals surface area contributed by atoms with Crippen LogP contribution in [0.1, 0.15) is 5.56 Å². The lowest BCUT2D eigenvalue weighted by Gasteiger charge is -2.36. The van der Waals surface area contributed by atoms with E-state index < -0.39 is 0 Å². The zero-order chi connectivity index (χ0) is 20.0. The molecular weight excluding hydrogens is 390 g/mol. The Morgan fingerprint density at radius 2 is 1.93 bits per heavy atom. The lowest BCUT2D eigenvalue weighted by Crippen LogP contribution is -2.47. The largest absolute Gasteiger partial charge is 0.464 e. The first-order chi connectivity index (χ1) is 14.1. The van der Waals surface area contributed by atoms with Crippen molar-refractivity contribution >= 4 is 39.4 Å². The summed E-state index contributed by atoms with van der Waals surface area (Å²) in [6, 6.07) is 11.7. The number of halogens is 1. The number of aryl methyl sites for hydroxylation is 1. The number of para-hydroxylation sites is 1. The number of aromatic nitrogens is 1. The second-order valence-corrected chi connectivity index (χ2v) is 7.97. The van der Waals surface area contributed by atoms with Gasteiger partial charge in [0.05, 0.1) is 17.5 Å². The highest BCUT2D eigenvalue weighted by Crippen LogP contribution is 2.28. The van der Waals surface area contributed by atoms with Gasteiger partial charge < -0.3 is 13.7 Å².